The highest BCUT2D eigenvalue weighted by molar-refractivity contribution is 5.76. The highest BCUT2D eigenvalue weighted by Gasteiger charge is 2.06. The van der Waals surface area contributed by atoms with Gasteiger partial charge in [-0.05, 0) is 63.3 Å². The summed E-state index contributed by atoms with van der Waals surface area (Å²) in [5.41, 5.74) is 3.66. The number of hydrogen-bond donors (Lipinski definition) is 0. The zero-order chi connectivity index (χ0) is 15.9. The van der Waals surface area contributed by atoms with Crippen molar-refractivity contribution in [3.05, 3.63) is 46.3 Å². The predicted molar refractivity (Wildman–Crippen MR) is 85.6 cm³/mol. The summed E-state index contributed by atoms with van der Waals surface area (Å²) in [6.07, 6.45) is 4.95. The number of aryl methyl sites for hydroxylation is 4. The Bertz CT molecular complexity index is 608. The number of unbranched alkanes of at least 4 members (excludes halogenated alkanes) is 2. The van der Waals surface area contributed by atoms with Crippen molar-refractivity contribution in [2.75, 3.05) is 6.61 Å². The number of nitrogens with zero attached hydrogens (tertiary/aromatic N) is 1. The van der Waals surface area contributed by atoms with Gasteiger partial charge in [-0.1, -0.05) is 5.16 Å². The predicted octanol–water partition coefficient (Wildman–Crippen LogP) is 4.20. The largest absolute Gasteiger partial charge is 0.493 e. The van der Waals surface area contributed by atoms with E-state index in [-0.39, 0.29) is 0 Å². The lowest BCUT2D eigenvalue weighted by atomic mass is 10.1. The first-order valence-electron chi connectivity index (χ1n) is 7.71. The second-order valence-electron chi connectivity index (χ2n) is 5.70. The lowest BCUT2D eigenvalue weighted by Gasteiger charge is -2.12. The zero-order valence-electron chi connectivity index (χ0n) is 13.5. The van der Waals surface area contributed by atoms with Gasteiger partial charge in [0, 0.05) is 18.1 Å². The van der Waals surface area contributed by atoms with Gasteiger partial charge in [0.15, 0.2) is 0 Å². The quantitative estimate of drug-likeness (QED) is 0.541. The van der Waals surface area contributed by atoms with Crippen molar-refractivity contribution in [2.24, 2.45) is 0 Å². The monoisotopic (exact) mass is 301 g/mol. The molecule has 22 heavy (non-hydrogen) atoms. The fraction of sp³-hybridized carbons (Fsp3) is 0.444. The van der Waals surface area contributed by atoms with Crippen LogP contribution in [0.1, 0.15) is 52.2 Å². The van der Waals surface area contributed by atoms with Gasteiger partial charge < -0.3 is 9.26 Å². The zero-order valence-corrected chi connectivity index (χ0v) is 13.5. The van der Waals surface area contributed by atoms with Crippen molar-refractivity contribution in [1.29, 1.82) is 0 Å². The molecule has 0 fully saturated rings. The Morgan fingerprint density at radius 1 is 1.09 bits per heavy atom. The van der Waals surface area contributed by atoms with Gasteiger partial charge in [-0.15, -0.1) is 0 Å². The van der Waals surface area contributed by atoms with Crippen LogP contribution in [-0.2, 0) is 6.42 Å². The first kappa shape index (κ1) is 16.3. The minimum absolute atomic E-state index is 0.692. The first-order valence-corrected chi connectivity index (χ1v) is 7.71. The average molecular weight is 301 g/mol. The molecule has 0 saturated carbocycles. The van der Waals surface area contributed by atoms with E-state index >= 15 is 0 Å². The third kappa shape index (κ3) is 4.45. The van der Waals surface area contributed by atoms with Crippen molar-refractivity contribution < 1.29 is 14.1 Å². The number of rotatable bonds is 8. The molecule has 1 aromatic carbocycles. The molecule has 4 nitrogen and oxygen atoms in total. The number of carbonyl (C=O) groups excluding carboxylic acids is 1. The van der Waals surface area contributed by atoms with Crippen molar-refractivity contribution in [1.82, 2.24) is 5.16 Å². The Balaban J connectivity index is 1.71. The summed E-state index contributed by atoms with van der Waals surface area (Å²) in [5.74, 6) is 1.85. The van der Waals surface area contributed by atoms with Gasteiger partial charge in [0.05, 0.1) is 12.3 Å². The van der Waals surface area contributed by atoms with Crippen molar-refractivity contribution in [3.8, 4) is 5.75 Å². The van der Waals surface area contributed by atoms with E-state index in [1.807, 2.05) is 39.0 Å². The highest BCUT2D eigenvalue weighted by Crippen LogP contribution is 2.24. The van der Waals surface area contributed by atoms with Crippen LogP contribution in [0.15, 0.2) is 22.7 Å². The van der Waals surface area contributed by atoms with Crippen LogP contribution >= 0.6 is 0 Å². The van der Waals surface area contributed by atoms with E-state index in [0.717, 1.165) is 60.3 Å². The maximum Gasteiger partial charge on any atom is 0.150 e. The molecule has 2 aromatic rings. The maximum absolute atomic E-state index is 10.8. The van der Waals surface area contributed by atoms with E-state index in [4.69, 9.17) is 9.26 Å². The van der Waals surface area contributed by atoms with Crippen LogP contribution in [0.4, 0.5) is 0 Å². The molecule has 4 heteroatoms. The fourth-order valence-electron chi connectivity index (χ4n) is 2.57. The average Bonchev–Trinajstić information content (AvgIpc) is 2.90. The molecular formula is C18H23NO3. The molecule has 0 aliphatic rings. The van der Waals surface area contributed by atoms with Crippen LogP contribution in [0.2, 0.25) is 0 Å². The minimum Gasteiger partial charge on any atom is -0.493 e. The third-order valence-corrected chi connectivity index (χ3v) is 3.61. The summed E-state index contributed by atoms with van der Waals surface area (Å²) >= 11 is 0. The van der Waals surface area contributed by atoms with E-state index in [1.165, 1.54) is 0 Å². The lowest BCUT2D eigenvalue weighted by Crippen LogP contribution is -2.02. The number of aromatic nitrogens is 1. The Morgan fingerprint density at radius 3 is 2.41 bits per heavy atom. The number of carbonyl (C=O) groups is 1. The molecule has 0 aliphatic heterocycles. The van der Waals surface area contributed by atoms with Gasteiger partial charge in [0.1, 0.15) is 17.8 Å². The van der Waals surface area contributed by atoms with Crippen LogP contribution in [-0.4, -0.2) is 18.0 Å². The Kier molecular flexibility index (Phi) is 5.75. The maximum atomic E-state index is 10.8. The first-order chi connectivity index (χ1) is 10.6. The molecule has 0 saturated heterocycles. The number of hydrogen-bond acceptors (Lipinski definition) is 4. The second-order valence-corrected chi connectivity index (χ2v) is 5.70. The van der Waals surface area contributed by atoms with Gasteiger partial charge in [-0.3, -0.25) is 4.79 Å². The summed E-state index contributed by atoms with van der Waals surface area (Å²) in [5, 5.41) is 3.88. The summed E-state index contributed by atoms with van der Waals surface area (Å²) in [7, 11) is 0. The van der Waals surface area contributed by atoms with Crippen LogP contribution in [0.3, 0.4) is 0 Å². The topological polar surface area (TPSA) is 52.3 Å². The molecule has 0 radical (unpaired) electrons. The molecule has 0 bridgehead atoms. The van der Waals surface area contributed by atoms with E-state index in [2.05, 4.69) is 5.16 Å². The molecule has 0 unspecified atom stereocenters. The summed E-state index contributed by atoms with van der Waals surface area (Å²) in [6.45, 7) is 6.57. The number of benzene rings is 1. The van der Waals surface area contributed by atoms with Gasteiger partial charge in [-0.25, -0.2) is 0 Å². The summed E-state index contributed by atoms with van der Waals surface area (Å²) in [6, 6.07) is 5.71. The molecule has 2 rings (SSSR count). The number of ether oxygens (including phenoxy) is 1. The molecule has 1 aromatic heterocycles. The molecule has 0 atom stereocenters. The molecule has 0 N–H and O–H groups in total. The Labute approximate surface area is 131 Å². The van der Waals surface area contributed by atoms with Gasteiger partial charge in [-0.2, -0.15) is 0 Å². The van der Waals surface area contributed by atoms with Crippen molar-refractivity contribution in [3.63, 3.8) is 0 Å². The fourth-order valence-corrected chi connectivity index (χ4v) is 2.57. The van der Waals surface area contributed by atoms with Crippen LogP contribution in [0.25, 0.3) is 0 Å². The standard InChI is InChI=1S/C18H23NO3/c1-13-9-16(12-20)10-14(2)18(13)21-8-6-4-5-7-17-11-15(3)19-22-17/h9-12H,4-8H2,1-3H3. The molecule has 1 heterocycles. The normalized spacial score (nSPS) is 10.7. The molecular weight excluding hydrogens is 278 g/mol. The molecule has 0 spiro atoms. The van der Waals surface area contributed by atoms with Crippen molar-refractivity contribution in [2.45, 2.75) is 46.5 Å². The molecule has 0 aliphatic carbocycles. The van der Waals surface area contributed by atoms with Crippen LogP contribution in [0, 0.1) is 20.8 Å². The van der Waals surface area contributed by atoms with Crippen LogP contribution in [0.5, 0.6) is 5.75 Å². The molecule has 0 amide bonds. The van der Waals surface area contributed by atoms with E-state index in [1.54, 1.807) is 0 Å². The van der Waals surface area contributed by atoms with E-state index in [0.29, 0.717) is 12.2 Å². The van der Waals surface area contributed by atoms with Gasteiger partial charge >= 0.3 is 0 Å². The SMILES string of the molecule is Cc1cc(CCCCCOc2c(C)cc(C=O)cc2C)on1. The van der Waals surface area contributed by atoms with Gasteiger partial charge in [0.25, 0.3) is 0 Å². The smallest absolute Gasteiger partial charge is 0.150 e. The summed E-state index contributed by atoms with van der Waals surface area (Å²) < 4.78 is 11.1. The number of aldehydes is 1. The lowest BCUT2D eigenvalue weighted by molar-refractivity contribution is 0.112. The van der Waals surface area contributed by atoms with E-state index < -0.39 is 0 Å². The molecule has 118 valence electrons. The Hall–Kier alpha value is -2.10. The third-order valence-electron chi connectivity index (χ3n) is 3.61. The van der Waals surface area contributed by atoms with Gasteiger partial charge in [0.2, 0.25) is 0 Å². The Morgan fingerprint density at radius 2 is 1.82 bits per heavy atom. The van der Waals surface area contributed by atoms with Crippen molar-refractivity contribution >= 4 is 6.29 Å². The van der Waals surface area contributed by atoms with E-state index in [9.17, 15) is 4.79 Å². The highest BCUT2D eigenvalue weighted by atomic mass is 16.5. The minimum atomic E-state index is 0.692. The van der Waals surface area contributed by atoms with Crippen LogP contribution < -0.4 is 4.74 Å². The second kappa shape index (κ2) is 7.78. The summed E-state index contributed by atoms with van der Waals surface area (Å²) in [4.78, 5) is 10.8.